The molecule has 5 nitrogen and oxygen atoms in total. The molecule has 2 unspecified atom stereocenters. The third-order valence-corrected chi connectivity index (χ3v) is 4.72. The summed E-state index contributed by atoms with van der Waals surface area (Å²) in [5.74, 6) is 0.742. The quantitative estimate of drug-likeness (QED) is 0.729. The average molecular weight is 283 g/mol. The smallest absolute Gasteiger partial charge is 0.315 e. The Balaban J connectivity index is 1.58. The Morgan fingerprint density at radius 2 is 1.90 bits per heavy atom. The second kappa shape index (κ2) is 7.84. The summed E-state index contributed by atoms with van der Waals surface area (Å²) in [6.45, 7) is 3.08. The fourth-order valence-corrected chi connectivity index (χ4v) is 3.24. The van der Waals surface area contributed by atoms with Crippen LogP contribution >= 0.6 is 0 Å². The lowest BCUT2D eigenvalue weighted by molar-refractivity contribution is 0.0942. The Hall–Kier alpha value is -0.810. The van der Waals surface area contributed by atoms with Crippen molar-refractivity contribution in [1.82, 2.24) is 15.5 Å². The van der Waals surface area contributed by atoms with Crippen molar-refractivity contribution in [2.24, 2.45) is 5.92 Å². The van der Waals surface area contributed by atoms with Crippen molar-refractivity contribution in [3.05, 3.63) is 0 Å². The van der Waals surface area contributed by atoms with E-state index in [0.717, 1.165) is 44.6 Å². The maximum absolute atomic E-state index is 11.8. The number of rotatable bonds is 4. The first-order valence-electron chi connectivity index (χ1n) is 8.06. The van der Waals surface area contributed by atoms with Gasteiger partial charge >= 0.3 is 6.03 Å². The van der Waals surface area contributed by atoms with Crippen LogP contribution in [0.2, 0.25) is 0 Å². The average Bonchev–Trinajstić information content (AvgIpc) is 2.44. The number of nitrogens with one attached hydrogen (secondary N) is 2. The topological polar surface area (TPSA) is 64.6 Å². The lowest BCUT2D eigenvalue weighted by atomic mass is 9.93. The number of nitrogens with zero attached hydrogens (tertiary/aromatic N) is 1. The number of amides is 2. The van der Waals surface area contributed by atoms with Crippen LogP contribution in [0.15, 0.2) is 0 Å². The normalized spacial score (nSPS) is 29.1. The van der Waals surface area contributed by atoms with Gasteiger partial charge in [0.2, 0.25) is 0 Å². The van der Waals surface area contributed by atoms with Gasteiger partial charge in [-0.3, -0.25) is 0 Å². The molecule has 0 radical (unpaired) electrons. The highest BCUT2D eigenvalue weighted by Crippen LogP contribution is 2.19. The highest BCUT2D eigenvalue weighted by Gasteiger charge is 2.24. The second-order valence-corrected chi connectivity index (χ2v) is 6.39. The predicted molar refractivity (Wildman–Crippen MR) is 79.6 cm³/mol. The van der Waals surface area contributed by atoms with Gasteiger partial charge in [-0.2, -0.15) is 0 Å². The molecule has 0 bridgehead atoms. The zero-order chi connectivity index (χ0) is 14.4. The molecule has 116 valence electrons. The molecule has 1 aliphatic heterocycles. The third kappa shape index (κ3) is 4.94. The summed E-state index contributed by atoms with van der Waals surface area (Å²) in [4.78, 5) is 14.2. The summed E-state index contributed by atoms with van der Waals surface area (Å²) in [6, 6.07) is -0.184. The number of carbonyl (C=O) groups excluding carboxylic acids is 1. The Kier molecular flexibility index (Phi) is 6.10. The first-order chi connectivity index (χ1) is 9.65. The number of hydrogen-bond donors (Lipinski definition) is 3. The van der Waals surface area contributed by atoms with Crippen molar-refractivity contribution in [2.75, 3.05) is 26.7 Å². The maximum atomic E-state index is 11.8. The van der Waals surface area contributed by atoms with Crippen LogP contribution in [-0.2, 0) is 0 Å². The molecule has 2 amide bonds. The van der Waals surface area contributed by atoms with Crippen molar-refractivity contribution in [3.8, 4) is 0 Å². The molecule has 3 N–H and O–H groups in total. The van der Waals surface area contributed by atoms with Gasteiger partial charge in [0, 0.05) is 6.54 Å². The van der Waals surface area contributed by atoms with Crippen LogP contribution in [0.1, 0.15) is 44.9 Å². The predicted octanol–water partition coefficient (Wildman–Crippen LogP) is 1.32. The molecule has 0 aromatic rings. The van der Waals surface area contributed by atoms with Gasteiger partial charge in [0.15, 0.2) is 0 Å². The molecule has 2 aliphatic rings. The molecule has 0 aromatic carbocycles. The molecule has 2 fully saturated rings. The number of hydrogen-bond acceptors (Lipinski definition) is 3. The number of likely N-dealkylation sites (tertiary alicyclic amines) is 1. The number of aliphatic hydroxyl groups excluding tert-OH is 1. The third-order valence-electron chi connectivity index (χ3n) is 4.72. The van der Waals surface area contributed by atoms with E-state index in [9.17, 15) is 9.90 Å². The molecule has 1 saturated carbocycles. The van der Waals surface area contributed by atoms with E-state index in [2.05, 4.69) is 22.6 Å². The summed E-state index contributed by atoms with van der Waals surface area (Å²) >= 11 is 0. The van der Waals surface area contributed by atoms with Gasteiger partial charge in [0.25, 0.3) is 0 Å². The number of urea groups is 1. The second-order valence-electron chi connectivity index (χ2n) is 6.39. The minimum atomic E-state index is -0.372. The Bertz CT molecular complexity index is 303. The van der Waals surface area contributed by atoms with E-state index in [1.165, 1.54) is 25.9 Å². The van der Waals surface area contributed by atoms with Crippen LogP contribution in [0.25, 0.3) is 0 Å². The summed E-state index contributed by atoms with van der Waals surface area (Å²) < 4.78 is 0. The Morgan fingerprint density at radius 1 is 1.20 bits per heavy atom. The lowest BCUT2D eigenvalue weighted by Gasteiger charge is -2.29. The van der Waals surface area contributed by atoms with E-state index < -0.39 is 0 Å². The zero-order valence-corrected chi connectivity index (χ0v) is 12.6. The number of aliphatic hydroxyl groups is 1. The number of piperidine rings is 1. The minimum absolute atomic E-state index is 0.0629. The summed E-state index contributed by atoms with van der Waals surface area (Å²) in [5, 5.41) is 15.7. The van der Waals surface area contributed by atoms with Crippen LogP contribution in [-0.4, -0.2) is 54.9 Å². The molecule has 1 aliphatic carbocycles. The molecule has 0 aromatic heterocycles. The van der Waals surface area contributed by atoms with Crippen molar-refractivity contribution < 1.29 is 9.90 Å². The monoisotopic (exact) mass is 283 g/mol. The first kappa shape index (κ1) is 15.6. The maximum Gasteiger partial charge on any atom is 0.315 e. The van der Waals surface area contributed by atoms with Crippen molar-refractivity contribution in [1.29, 1.82) is 0 Å². The van der Waals surface area contributed by atoms with Gasteiger partial charge in [-0.15, -0.1) is 0 Å². The standard InChI is InChI=1S/C15H29N3O2/c1-18-10-7-12(8-11-18)6-9-16-15(20)17-13-4-2-3-5-14(13)19/h12-14,19H,2-11H2,1H3,(H2,16,17,20). The van der Waals surface area contributed by atoms with Gasteiger partial charge in [-0.25, -0.2) is 4.79 Å². The van der Waals surface area contributed by atoms with Crippen molar-refractivity contribution in [3.63, 3.8) is 0 Å². The van der Waals surface area contributed by atoms with Gasteiger partial charge in [-0.05, 0) is 58.2 Å². The van der Waals surface area contributed by atoms with Gasteiger partial charge in [0.05, 0.1) is 12.1 Å². The molecule has 2 rings (SSSR count). The molecule has 1 saturated heterocycles. The lowest BCUT2D eigenvalue weighted by Crippen LogP contribution is -2.49. The van der Waals surface area contributed by atoms with E-state index in [1.54, 1.807) is 0 Å². The van der Waals surface area contributed by atoms with E-state index in [4.69, 9.17) is 0 Å². The summed E-state index contributed by atoms with van der Waals surface area (Å²) in [5.41, 5.74) is 0. The molecule has 20 heavy (non-hydrogen) atoms. The van der Waals surface area contributed by atoms with Crippen LogP contribution in [0.4, 0.5) is 4.79 Å². The van der Waals surface area contributed by atoms with Gasteiger partial charge in [-0.1, -0.05) is 12.8 Å². The fraction of sp³-hybridized carbons (Fsp3) is 0.933. The van der Waals surface area contributed by atoms with Gasteiger partial charge < -0.3 is 20.6 Å². The molecular weight excluding hydrogens is 254 g/mol. The van der Waals surface area contributed by atoms with E-state index >= 15 is 0 Å². The largest absolute Gasteiger partial charge is 0.391 e. The zero-order valence-electron chi connectivity index (χ0n) is 12.6. The van der Waals surface area contributed by atoms with E-state index in [-0.39, 0.29) is 18.2 Å². The fourth-order valence-electron chi connectivity index (χ4n) is 3.24. The van der Waals surface area contributed by atoms with Crippen LogP contribution in [0.3, 0.4) is 0 Å². The highest BCUT2D eigenvalue weighted by molar-refractivity contribution is 5.74. The van der Waals surface area contributed by atoms with Crippen LogP contribution in [0, 0.1) is 5.92 Å². The molecule has 0 spiro atoms. The SMILES string of the molecule is CN1CCC(CCNC(=O)NC2CCCCC2O)CC1. The van der Waals surface area contributed by atoms with Gasteiger partial charge in [0.1, 0.15) is 0 Å². The summed E-state index contributed by atoms with van der Waals surface area (Å²) in [7, 11) is 2.16. The Labute approximate surface area is 122 Å². The number of carbonyl (C=O) groups is 1. The van der Waals surface area contributed by atoms with E-state index in [0.29, 0.717) is 0 Å². The molecular formula is C15H29N3O2. The molecule has 1 heterocycles. The van der Waals surface area contributed by atoms with Crippen molar-refractivity contribution >= 4 is 6.03 Å². The summed E-state index contributed by atoms with van der Waals surface area (Å²) in [6.07, 6.45) is 7.03. The minimum Gasteiger partial charge on any atom is -0.391 e. The van der Waals surface area contributed by atoms with Crippen LogP contribution in [0.5, 0.6) is 0 Å². The van der Waals surface area contributed by atoms with Crippen molar-refractivity contribution in [2.45, 2.75) is 57.1 Å². The molecule has 5 heteroatoms. The van der Waals surface area contributed by atoms with Crippen LogP contribution < -0.4 is 10.6 Å². The first-order valence-corrected chi connectivity index (χ1v) is 8.06. The highest BCUT2D eigenvalue weighted by atomic mass is 16.3. The molecule has 2 atom stereocenters. The van der Waals surface area contributed by atoms with E-state index in [1.807, 2.05) is 0 Å². The Morgan fingerprint density at radius 3 is 2.60 bits per heavy atom.